The first-order valence-corrected chi connectivity index (χ1v) is 7.86. The molecule has 1 heterocycles. The van der Waals surface area contributed by atoms with Gasteiger partial charge in [0, 0.05) is 13.1 Å². The molecule has 0 unspecified atom stereocenters. The van der Waals surface area contributed by atoms with E-state index < -0.39 is 0 Å². The summed E-state index contributed by atoms with van der Waals surface area (Å²) in [6, 6.07) is 6.54. The topological polar surface area (TPSA) is 24.8 Å². The number of nitrogens with zero attached hydrogens (tertiary/aromatic N) is 2. The van der Waals surface area contributed by atoms with Crippen LogP contribution in [0.25, 0.3) is 0 Å². The first-order chi connectivity index (χ1) is 10.3. The predicted molar refractivity (Wildman–Crippen MR) is 85.6 cm³/mol. The number of halogens is 1. The van der Waals surface area contributed by atoms with Gasteiger partial charge in [-0.25, -0.2) is 9.38 Å². The molecule has 2 rings (SSSR count). The standard InChI is InChI=1S/C16H21FN2OS/c17-14-3-5-16(6-4-14)20-12-2-1-9-19-10-7-15(8-11-19)18-13-21/h3-6,15H,1-2,7-12H2. The van der Waals surface area contributed by atoms with Crippen molar-refractivity contribution >= 4 is 17.4 Å². The van der Waals surface area contributed by atoms with Gasteiger partial charge in [0.15, 0.2) is 0 Å². The van der Waals surface area contributed by atoms with Gasteiger partial charge in [0.2, 0.25) is 0 Å². The van der Waals surface area contributed by atoms with Gasteiger partial charge in [0.25, 0.3) is 0 Å². The molecule has 1 fully saturated rings. The highest BCUT2D eigenvalue weighted by Gasteiger charge is 2.17. The van der Waals surface area contributed by atoms with E-state index >= 15 is 0 Å². The van der Waals surface area contributed by atoms with Crippen molar-refractivity contribution in [1.29, 1.82) is 0 Å². The van der Waals surface area contributed by atoms with Crippen LogP contribution in [-0.2, 0) is 0 Å². The third-order valence-electron chi connectivity index (χ3n) is 3.74. The van der Waals surface area contributed by atoms with Crippen LogP contribution >= 0.6 is 12.2 Å². The van der Waals surface area contributed by atoms with Crippen molar-refractivity contribution in [2.75, 3.05) is 26.2 Å². The molecular weight excluding hydrogens is 287 g/mol. The van der Waals surface area contributed by atoms with Gasteiger partial charge in [0.05, 0.1) is 17.8 Å². The van der Waals surface area contributed by atoms with Crippen LogP contribution in [0.5, 0.6) is 5.75 Å². The molecule has 5 heteroatoms. The number of rotatable bonds is 7. The van der Waals surface area contributed by atoms with Gasteiger partial charge < -0.3 is 9.64 Å². The summed E-state index contributed by atoms with van der Waals surface area (Å²) < 4.78 is 18.3. The second-order valence-electron chi connectivity index (χ2n) is 5.30. The Kier molecular flexibility index (Phi) is 6.80. The van der Waals surface area contributed by atoms with E-state index in [2.05, 4.69) is 27.3 Å². The number of likely N-dealkylation sites (tertiary alicyclic amines) is 1. The molecule has 0 spiro atoms. The van der Waals surface area contributed by atoms with Crippen molar-refractivity contribution in [2.45, 2.75) is 31.7 Å². The zero-order chi connectivity index (χ0) is 14.9. The molecule has 1 aliphatic heterocycles. The fourth-order valence-corrected chi connectivity index (χ4v) is 2.65. The van der Waals surface area contributed by atoms with Gasteiger partial charge in [-0.2, -0.15) is 0 Å². The number of hydrogen-bond acceptors (Lipinski definition) is 4. The minimum atomic E-state index is -0.233. The van der Waals surface area contributed by atoms with Crippen molar-refractivity contribution in [3.05, 3.63) is 30.1 Å². The molecule has 0 aliphatic carbocycles. The van der Waals surface area contributed by atoms with Crippen LogP contribution in [0.3, 0.4) is 0 Å². The van der Waals surface area contributed by atoms with Crippen LogP contribution in [-0.4, -0.2) is 42.3 Å². The molecule has 1 saturated heterocycles. The van der Waals surface area contributed by atoms with Crippen LogP contribution in [0.2, 0.25) is 0 Å². The molecule has 0 amide bonds. The average Bonchev–Trinajstić information content (AvgIpc) is 2.51. The van der Waals surface area contributed by atoms with E-state index in [1.807, 2.05) is 0 Å². The zero-order valence-electron chi connectivity index (χ0n) is 12.1. The van der Waals surface area contributed by atoms with Crippen molar-refractivity contribution in [3.8, 4) is 5.75 Å². The normalized spacial score (nSPS) is 16.4. The Labute approximate surface area is 130 Å². The molecule has 114 valence electrons. The van der Waals surface area contributed by atoms with Crippen LogP contribution in [0.1, 0.15) is 25.7 Å². The first-order valence-electron chi connectivity index (χ1n) is 7.45. The largest absolute Gasteiger partial charge is 0.494 e. The van der Waals surface area contributed by atoms with Crippen molar-refractivity contribution in [1.82, 2.24) is 4.90 Å². The maximum atomic E-state index is 12.7. The van der Waals surface area contributed by atoms with Crippen LogP contribution in [0, 0.1) is 5.82 Å². The summed E-state index contributed by atoms with van der Waals surface area (Å²) >= 11 is 4.64. The SMILES string of the molecule is Fc1ccc(OCCCCN2CCC(N=C=S)CC2)cc1. The van der Waals surface area contributed by atoms with Gasteiger partial charge >= 0.3 is 0 Å². The Hall–Kier alpha value is -1.29. The average molecular weight is 308 g/mol. The van der Waals surface area contributed by atoms with Gasteiger partial charge in [-0.1, -0.05) is 0 Å². The van der Waals surface area contributed by atoms with E-state index in [1.165, 1.54) is 12.1 Å². The van der Waals surface area contributed by atoms with E-state index in [1.54, 1.807) is 12.1 Å². The lowest BCUT2D eigenvalue weighted by molar-refractivity contribution is 0.204. The minimum absolute atomic E-state index is 0.233. The number of unbranched alkanes of at least 4 members (excludes halogenated alkanes) is 1. The quantitative estimate of drug-likeness (QED) is 0.437. The highest BCUT2D eigenvalue weighted by atomic mass is 32.1. The molecule has 1 aromatic rings. The van der Waals surface area contributed by atoms with E-state index in [-0.39, 0.29) is 5.82 Å². The molecule has 21 heavy (non-hydrogen) atoms. The number of hydrogen-bond donors (Lipinski definition) is 0. The summed E-state index contributed by atoms with van der Waals surface area (Å²) in [5, 5.41) is 2.48. The number of aliphatic imine (C=N–C) groups is 1. The van der Waals surface area contributed by atoms with Gasteiger partial charge in [-0.15, -0.1) is 0 Å². The summed E-state index contributed by atoms with van der Waals surface area (Å²) in [5.74, 6) is 0.499. The lowest BCUT2D eigenvalue weighted by Crippen LogP contribution is -2.35. The Bertz CT molecular complexity index is 466. The van der Waals surface area contributed by atoms with E-state index in [0.717, 1.165) is 51.1 Å². The third kappa shape index (κ3) is 5.92. The molecule has 3 nitrogen and oxygen atoms in total. The molecule has 0 saturated carbocycles. The summed E-state index contributed by atoms with van der Waals surface area (Å²) in [7, 11) is 0. The molecule has 0 atom stereocenters. The summed E-state index contributed by atoms with van der Waals surface area (Å²) in [6.45, 7) is 3.95. The Balaban J connectivity index is 1.54. The van der Waals surface area contributed by atoms with Crippen LogP contribution in [0.4, 0.5) is 4.39 Å². The first kappa shape index (κ1) is 16.1. The van der Waals surface area contributed by atoms with Crippen LogP contribution in [0.15, 0.2) is 29.3 Å². The maximum absolute atomic E-state index is 12.7. The second-order valence-corrected chi connectivity index (χ2v) is 5.49. The van der Waals surface area contributed by atoms with Crippen molar-refractivity contribution in [2.24, 2.45) is 4.99 Å². The Morgan fingerprint density at radius 1 is 1.24 bits per heavy atom. The summed E-state index contributed by atoms with van der Waals surface area (Å²) in [4.78, 5) is 6.62. The molecule has 1 aromatic carbocycles. The predicted octanol–water partition coefficient (Wildman–Crippen LogP) is 3.55. The van der Waals surface area contributed by atoms with Gasteiger partial charge in [-0.05, 0) is 68.7 Å². The monoisotopic (exact) mass is 308 g/mol. The number of thiocarbonyl (C=S) groups is 1. The van der Waals surface area contributed by atoms with Crippen molar-refractivity contribution < 1.29 is 9.13 Å². The second kappa shape index (κ2) is 8.88. The molecular formula is C16H21FN2OS. The fourth-order valence-electron chi connectivity index (χ4n) is 2.50. The Morgan fingerprint density at radius 3 is 2.62 bits per heavy atom. The van der Waals surface area contributed by atoms with Crippen molar-refractivity contribution in [3.63, 3.8) is 0 Å². The number of isothiocyanates is 1. The molecule has 0 N–H and O–H groups in total. The highest BCUT2D eigenvalue weighted by Crippen LogP contribution is 2.14. The molecule has 0 bridgehead atoms. The third-order valence-corrected chi connectivity index (χ3v) is 3.85. The number of piperidine rings is 1. The highest BCUT2D eigenvalue weighted by molar-refractivity contribution is 7.78. The van der Waals surface area contributed by atoms with E-state index in [0.29, 0.717) is 12.6 Å². The van der Waals surface area contributed by atoms with Crippen LogP contribution < -0.4 is 4.74 Å². The summed E-state index contributed by atoms with van der Waals surface area (Å²) in [5.41, 5.74) is 0. The zero-order valence-corrected chi connectivity index (χ0v) is 12.9. The van der Waals surface area contributed by atoms with E-state index in [9.17, 15) is 4.39 Å². The smallest absolute Gasteiger partial charge is 0.123 e. The van der Waals surface area contributed by atoms with E-state index in [4.69, 9.17) is 4.74 Å². The number of benzene rings is 1. The minimum Gasteiger partial charge on any atom is -0.494 e. The number of ether oxygens (including phenoxy) is 1. The van der Waals surface area contributed by atoms with Gasteiger partial charge in [0.1, 0.15) is 11.6 Å². The maximum Gasteiger partial charge on any atom is 0.123 e. The van der Waals surface area contributed by atoms with Gasteiger partial charge in [-0.3, -0.25) is 0 Å². The summed E-state index contributed by atoms with van der Waals surface area (Å²) in [6.07, 6.45) is 4.28. The lowest BCUT2D eigenvalue weighted by Gasteiger charge is -2.29. The molecule has 0 aromatic heterocycles. The molecule has 0 radical (unpaired) electrons. The fraction of sp³-hybridized carbons (Fsp3) is 0.562. The Morgan fingerprint density at radius 2 is 1.95 bits per heavy atom. The lowest BCUT2D eigenvalue weighted by atomic mass is 10.1. The molecule has 1 aliphatic rings.